The molecule has 0 aliphatic carbocycles. The summed E-state index contributed by atoms with van der Waals surface area (Å²) < 4.78 is 34.0. The van der Waals surface area contributed by atoms with E-state index in [9.17, 15) is 18.4 Å². The van der Waals surface area contributed by atoms with Gasteiger partial charge in [0.15, 0.2) is 0 Å². The molecule has 0 aromatic heterocycles. The van der Waals surface area contributed by atoms with Crippen molar-refractivity contribution in [3.8, 4) is 11.5 Å². The van der Waals surface area contributed by atoms with E-state index in [2.05, 4.69) is 10.1 Å². The number of alkyl halides is 2. The molecule has 2 aromatic rings. The van der Waals surface area contributed by atoms with Crippen molar-refractivity contribution in [2.75, 3.05) is 26.5 Å². The molecule has 26 heavy (non-hydrogen) atoms. The van der Waals surface area contributed by atoms with Crippen molar-refractivity contribution in [3.63, 3.8) is 0 Å². The van der Waals surface area contributed by atoms with Gasteiger partial charge in [-0.15, -0.1) is 0 Å². The molecule has 0 atom stereocenters. The van der Waals surface area contributed by atoms with Crippen molar-refractivity contribution >= 4 is 17.5 Å². The van der Waals surface area contributed by atoms with Crippen LogP contribution in [0.15, 0.2) is 42.5 Å². The minimum absolute atomic E-state index is 0.120. The van der Waals surface area contributed by atoms with Crippen LogP contribution in [0.4, 0.5) is 14.5 Å². The zero-order valence-electron chi connectivity index (χ0n) is 14.5. The molecular formula is C18H18F2N2O4. The van der Waals surface area contributed by atoms with Crippen LogP contribution in [-0.2, 0) is 0 Å². The molecule has 0 spiro atoms. The van der Waals surface area contributed by atoms with Crippen LogP contribution in [0.2, 0.25) is 0 Å². The molecule has 0 aliphatic rings. The van der Waals surface area contributed by atoms with E-state index >= 15 is 0 Å². The largest absolute Gasteiger partial charge is 0.496 e. The third-order valence-corrected chi connectivity index (χ3v) is 3.42. The van der Waals surface area contributed by atoms with Crippen LogP contribution >= 0.6 is 0 Å². The summed E-state index contributed by atoms with van der Waals surface area (Å²) in [6.45, 7) is -2.98. The summed E-state index contributed by atoms with van der Waals surface area (Å²) in [5.41, 5.74) is 0.783. The molecule has 0 aliphatic heterocycles. The predicted molar refractivity (Wildman–Crippen MR) is 92.0 cm³/mol. The molecule has 8 heteroatoms. The van der Waals surface area contributed by atoms with E-state index in [1.807, 2.05) is 0 Å². The summed E-state index contributed by atoms with van der Waals surface area (Å²) in [5, 5.41) is 2.62. The lowest BCUT2D eigenvalue weighted by atomic mass is 10.1. The van der Waals surface area contributed by atoms with Crippen LogP contribution < -0.4 is 14.8 Å². The Morgan fingerprint density at radius 2 is 1.85 bits per heavy atom. The van der Waals surface area contributed by atoms with Gasteiger partial charge in [-0.3, -0.25) is 9.59 Å². The Morgan fingerprint density at radius 3 is 2.46 bits per heavy atom. The summed E-state index contributed by atoms with van der Waals surface area (Å²) in [7, 11) is 4.64. The highest BCUT2D eigenvalue weighted by Crippen LogP contribution is 2.24. The van der Waals surface area contributed by atoms with Crippen molar-refractivity contribution in [1.82, 2.24) is 4.90 Å². The Kier molecular flexibility index (Phi) is 6.11. The Balaban J connectivity index is 2.24. The van der Waals surface area contributed by atoms with E-state index in [-0.39, 0.29) is 22.8 Å². The second kappa shape index (κ2) is 8.28. The first kappa shape index (κ1) is 19.2. The molecule has 1 N–H and O–H groups in total. The van der Waals surface area contributed by atoms with Gasteiger partial charge in [0.05, 0.1) is 12.7 Å². The zero-order valence-corrected chi connectivity index (χ0v) is 14.5. The van der Waals surface area contributed by atoms with Crippen molar-refractivity contribution < 1.29 is 27.8 Å². The second-order valence-corrected chi connectivity index (χ2v) is 5.48. The average Bonchev–Trinajstić information content (AvgIpc) is 2.60. The Bertz CT molecular complexity index is 810. The topological polar surface area (TPSA) is 67.9 Å². The summed E-state index contributed by atoms with van der Waals surface area (Å²) in [5.74, 6) is -0.566. The molecule has 0 fully saturated rings. The molecule has 6 nitrogen and oxygen atoms in total. The summed E-state index contributed by atoms with van der Waals surface area (Å²) in [6.07, 6.45) is 0. The monoisotopic (exact) mass is 364 g/mol. The fourth-order valence-electron chi connectivity index (χ4n) is 2.21. The molecule has 0 saturated heterocycles. The normalized spacial score (nSPS) is 10.4. The number of methoxy groups -OCH3 is 1. The highest BCUT2D eigenvalue weighted by molar-refractivity contribution is 6.05. The number of ether oxygens (including phenoxy) is 2. The van der Waals surface area contributed by atoms with E-state index in [0.29, 0.717) is 11.4 Å². The molecule has 2 rings (SSSR count). The highest BCUT2D eigenvalue weighted by Gasteiger charge is 2.16. The molecule has 0 saturated carbocycles. The first-order valence-corrected chi connectivity index (χ1v) is 7.57. The number of amides is 2. The SMILES string of the molecule is COc1ccc(NC(=O)c2cccc(OC(F)F)c2)cc1C(=O)N(C)C. The smallest absolute Gasteiger partial charge is 0.387 e. The van der Waals surface area contributed by atoms with Gasteiger partial charge >= 0.3 is 6.61 Å². The highest BCUT2D eigenvalue weighted by atomic mass is 19.3. The maximum atomic E-state index is 12.3. The molecule has 2 amide bonds. The number of nitrogens with zero attached hydrogens (tertiary/aromatic N) is 1. The van der Waals surface area contributed by atoms with Gasteiger partial charge in [0.2, 0.25) is 0 Å². The van der Waals surface area contributed by atoms with Crippen molar-refractivity contribution in [3.05, 3.63) is 53.6 Å². The van der Waals surface area contributed by atoms with E-state index in [4.69, 9.17) is 4.74 Å². The zero-order chi connectivity index (χ0) is 19.3. The van der Waals surface area contributed by atoms with Gasteiger partial charge in [0.1, 0.15) is 11.5 Å². The predicted octanol–water partition coefficient (Wildman–Crippen LogP) is 3.25. The molecule has 0 bridgehead atoms. The average molecular weight is 364 g/mol. The summed E-state index contributed by atoms with van der Waals surface area (Å²) in [6, 6.07) is 10.0. The lowest BCUT2D eigenvalue weighted by molar-refractivity contribution is -0.0498. The number of hydrogen-bond donors (Lipinski definition) is 1. The lowest BCUT2D eigenvalue weighted by Crippen LogP contribution is -2.22. The second-order valence-electron chi connectivity index (χ2n) is 5.48. The van der Waals surface area contributed by atoms with Crippen LogP contribution in [0, 0.1) is 0 Å². The fourth-order valence-corrected chi connectivity index (χ4v) is 2.21. The minimum Gasteiger partial charge on any atom is -0.496 e. The third kappa shape index (κ3) is 4.69. The van der Waals surface area contributed by atoms with Gasteiger partial charge in [-0.25, -0.2) is 0 Å². The van der Waals surface area contributed by atoms with E-state index in [1.54, 1.807) is 26.2 Å². The lowest BCUT2D eigenvalue weighted by Gasteiger charge is -2.15. The first-order chi connectivity index (χ1) is 12.3. The maximum absolute atomic E-state index is 12.3. The molecular weight excluding hydrogens is 346 g/mol. The number of carbonyl (C=O) groups is 2. The van der Waals surface area contributed by atoms with Crippen molar-refractivity contribution in [2.24, 2.45) is 0 Å². The fraction of sp³-hybridized carbons (Fsp3) is 0.222. The van der Waals surface area contributed by atoms with E-state index < -0.39 is 12.5 Å². The Morgan fingerprint density at radius 1 is 1.12 bits per heavy atom. The van der Waals surface area contributed by atoms with Crippen LogP contribution in [0.1, 0.15) is 20.7 Å². The number of benzene rings is 2. The quantitative estimate of drug-likeness (QED) is 0.854. The number of nitrogens with one attached hydrogen (secondary N) is 1. The Labute approximate surface area is 149 Å². The van der Waals surface area contributed by atoms with Crippen molar-refractivity contribution in [1.29, 1.82) is 0 Å². The van der Waals surface area contributed by atoms with E-state index in [0.717, 1.165) is 0 Å². The molecule has 0 radical (unpaired) electrons. The summed E-state index contributed by atoms with van der Waals surface area (Å²) in [4.78, 5) is 25.9. The Hall–Kier alpha value is -3.16. The van der Waals surface area contributed by atoms with Crippen LogP contribution in [-0.4, -0.2) is 44.5 Å². The summed E-state index contributed by atoms with van der Waals surface area (Å²) >= 11 is 0. The van der Waals surface area contributed by atoms with Gasteiger partial charge in [0, 0.05) is 25.3 Å². The molecule has 0 heterocycles. The molecule has 0 unspecified atom stereocenters. The van der Waals surface area contributed by atoms with Crippen LogP contribution in [0.25, 0.3) is 0 Å². The number of carbonyl (C=O) groups excluding carboxylic acids is 2. The standard InChI is InChI=1S/C18H18F2N2O4/c1-22(2)17(24)14-10-12(7-8-15(14)25-3)21-16(23)11-5-4-6-13(9-11)26-18(19)20/h4-10,18H,1-3H3,(H,21,23). The van der Waals surface area contributed by atoms with E-state index in [1.165, 1.54) is 42.3 Å². The maximum Gasteiger partial charge on any atom is 0.387 e. The minimum atomic E-state index is -2.98. The number of halogens is 2. The van der Waals surface area contributed by atoms with Crippen LogP contribution in [0.5, 0.6) is 11.5 Å². The van der Waals surface area contributed by atoms with Gasteiger partial charge in [-0.05, 0) is 36.4 Å². The number of anilines is 1. The molecule has 138 valence electrons. The molecule has 2 aromatic carbocycles. The van der Waals surface area contributed by atoms with Gasteiger partial charge in [-0.1, -0.05) is 6.07 Å². The number of rotatable bonds is 6. The first-order valence-electron chi connectivity index (χ1n) is 7.57. The van der Waals surface area contributed by atoms with Crippen molar-refractivity contribution in [2.45, 2.75) is 6.61 Å². The van der Waals surface area contributed by atoms with Gasteiger partial charge in [0.25, 0.3) is 11.8 Å². The van der Waals surface area contributed by atoms with Gasteiger partial charge in [-0.2, -0.15) is 8.78 Å². The van der Waals surface area contributed by atoms with Gasteiger partial charge < -0.3 is 19.7 Å². The number of hydrogen-bond acceptors (Lipinski definition) is 4. The third-order valence-electron chi connectivity index (χ3n) is 3.42. The van der Waals surface area contributed by atoms with Crippen LogP contribution in [0.3, 0.4) is 0 Å².